The lowest BCUT2D eigenvalue weighted by molar-refractivity contribution is -0.114. The Hall–Kier alpha value is -1.65. The Labute approximate surface area is 260 Å². The molecule has 1 N–H and O–H groups in total. The van der Waals surface area contributed by atoms with Gasteiger partial charge >= 0.3 is 22.8 Å². The Bertz CT molecular complexity index is 1240. The zero-order chi connectivity index (χ0) is 31.6. The maximum Gasteiger partial charge on any atom is 0.351 e. The van der Waals surface area contributed by atoms with Crippen LogP contribution in [0.4, 0.5) is 5.82 Å². The lowest BCUT2D eigenvalue weighted by Crippen LogP contribution is -2.67. The number of nitriles is 1. The molecule has 1 aromatic rings. The van der Waals surface area contributed by atoms with E-state index in [1.807, 2.05) is 6.92 Å². The molecule has 11 nitrogen and oxygen atoms in total. The molecule has 2 aliphatic rings. The second kappa shape index (κ2) is 13.6. The van der Waals surface area contributed by atoms with E-state index in [0.29, 0.717) is 5.75 Å². The number of rotatable bonds is 8. The Kier molecular flexibility index (Phi) is 11.2. The third-order valence-corrected chi connectivity index (χ3v) is 19.1. The minimum atomic E-state index is -3.19. The van der Waals surface area contributed by atoms with Gasteiger partial charge in [0.2, 0.25) is 10.3 Å². The van der Waals surface area contributed by atoms with Crippen molar-refractivity contribution < 1.29 is 27.2 Å². The molecule has 1 aromatic heterocycles. The molecule has 234 valence electrons. The molecule has 42 heavy (non-hydrogen) atoms. The van der Waals surface area contributed by atoms with Gasteiger partial charge in [0, 0.05) is 13.1 Å². The molecule has 3 heterocycles. The molecule has 0 aliphatic carbocycles. The highest BCUT2D eigenvalue weighted by molar-refractivity contribution is 8.22. The van der Waals surface area contributed by atoms with Crippen LogP contribution >= 0.6 is 24.0 Å². The van der Waals surface area contributed by atoms with Crippen molar-refractivity contribution in [3.8, 4) is 6.07 Å². The fourth-order valence-electron chi connectivity index (χ4n) is 5.82. The number of nitrogens with one attached hydrogen (secondary N) is 1. The van der Waals surface area contributed by atoms with Crippen LogP contribution in [0, 0.1) is 11.3 Å². The molecule has 3 rings (SSSR count). The highest BCUT2D eigenvalue weighted by Gasteiger charge is 2.68. The maximum atomic E-state index is 13.3. The molecule has 0 aromatic carbocycles. The largest absolute Gasteiger partial charge is 0.449 e. The maximum absolute atomic E-state index is 13.3. The van der Waals surface area contributed by atoms with Crippen LogP contribution in [0.1, 0.15) is 75.5 Å². The summed E-state index contributed by atoms with van der Waals surface area (Å²) in [4.78, 5) is 28.9. The van der Waals surface area contributed by atoms with E-state index >= 15 is 0 Å². The number of hydrogen-bond donors (Lipinski definition) is 1. The van der Waals surface area contributed by atoms with Crippen molar-refractivity contribution in [2.24, 2.45) is 0 Å². The van der Waals surface area contributed by atoms with Crippen LogP contribution in [0.25, 0.3) is 0 Å². The van der Waals surface area contributed by atoms with Gasteiger partial charge in [-0.1, -0.05) is 74.1 Å². The van der Waals surface area contributed by atoms with E-state index in [1.165, 1.54) is 35.5 Å². The number of amides is 1. The lowest BCUT2D eigenvalue weighted by atomic mass is 9.95. The van der Waals surface area contributed by atoms with Crippen molar-refractivity contribution in [2.45, 2.75) is 115 Å². The first-order valence-electron chi connectivity index (χ1n) is 14.4. The van der Waals surface area contributed by atoms with E-state index in [-0.39, 0.29) is 44.9 Å². The number of aromatic nitrogens is 2. The highest BCUT2D eigenvalue weighted by Crippen LogP contribution is 2.51. The van der Waals surface area contributed by atoms with Crippen LogP contribution in [-0.4, -0.2) is 67.1 Å². The molecular weight excluding hydrogens is 613 g/mol. The minimum Gasteiger partial charge on any atom is -0.449 e. The third-order valence-electron chi connectivity index (χ3n) is 7.83. The number of thioether (sulfide) groups is 1. The summed E-state index contributed by atoms with van der Waals surface area (Å²) in [5.74, 6) is 0.328. The molecular formula is C27H44N4O7S2Si2. The average Bonchev–Trinajstić information content (AvgIpc) is 3.15. The van der Waals surface area contributed by atoms with E-state index in [4.69, 9.17) is 34.7 Å². The van der Waals surface area contributed by atoms with Crippen molar-refractivity contribution >= 4 is 57.2 Å². The molecule has 2 fully saturated rings. The van der Waals surface area contributed by atoms with E-state index in [9.17, 15) is 14.9 Å². The molecule has 2 aliphatic heterocycles. The number of hydrogen-bond acceptors (Lipinski definition) is 11. The summed E-state index contributed by atoms with van der Waals surface area (Å²) in [6.45, 7) is 20.1. The fraction of sp³-hybridized carbons (Fsp3) is 0.741. The highest BCUT2D eigenvalue weighted by atomic mass is 32.2. The first kappa shape index (κ1) is 34.8. The third kappa shape index (κ3) is 6.41. The van der Waals surface area contributed by atoms with Crippen LogP contribution in [-0.2, 0) is 27.2 Å². The number of ether oxygens (including phenoxy) is 2. The summed E-state index contributed by atoms with van der Waals surface area (Å²) in [7, 11) is -6.08. The van der Waals surface area contributed by atoms with E-state index in [0.717, 1.165) is 0 Å². The van der Waals surface area contributed by atoms with Gasteiger partial charge in [0.05, 0.1) is 6.61 Å². The van der Waals surface area contributed by atoms with Gasteiger partial charge in [-0.15, -0.1) is 0 Å². The monoisotopic (exact) mass is 656 g/mol. The molecule has 0 radical (unpaired) electrons. The standard InChI is InChI=1S/C27H44N4O7S2Si2/c1-11-40-26(39)36-27(15-28)23-21(35-24(27)31-13-12-22(29-20(10)32)30-25(31)33)14-34-41(16(2)3,17(4)5)38-42(37-23,18(6)7)19(8)9/h12-13,16-19,21,23-24H,11,14H2,1-10H3,(H,29,30,32,33)/t21?,23-,24-,27?/m1/s1. The molecule has 4 atom stereocenters. The second-order valence-electron chi connectivity index (χ2n) is 11.9. The number of thiocarbonyl (C=S) groups is 1. The van der Waals surface area contributed by atoms with Gasteiger partial charge in [-0.2, -0.15) is 10.2 Å². The first-order chi connectivity index (χ1) is 19.6. The van der Waals surface area contributed by atoms with Crippen LogP contribution in [0.15, 0.2) is 17.1 Å². The predicted molar refractivity (Wildman–Crippen MR) is 171 cm³/mol. The van der Waals surface area contributed by atoms with E-state index < -0.39 is 46.8 Å². The minimum absolute atomic E-state index is 0.0158. The summed E-state index contributed by atoms with van der Waals surface area (Å²) in [6.07, 6.45) is -1.62. The number of carbonyl (C=O) groups excluding carboxylic acids is 1. The van der Waals surface area contributed by atoms with Crippen molar-refractivity contribution in [3.63, 3.8) is 0 Å². The van der Waals surface area contributed by atoms with Crippen LogP contribution < -0.4 is 11.0 Å². The summed E-state index contributed by atoms with van der Waals surface area (Å²) < 4.78 is 35.5. The van der Waals surface area contributed by atoms with Gasteiger partial charge in [0.15, 0.2) is 6.23 Å². The van der Waals surface area contributed by atoms with Crippen molar-refractivity contribution in [2.75, 3.05) is 17.7 Å². The lowest BCUT2D eigenvalue weighted by Gasteiger charge is -2.52. The van der Waals surface area contributed by atoms with Gasteiger partial charge in [0.1, 0.15) is 24.1 Å². The number of fused-ring (bicyclic) bond motifs is 1. The van der Waals surface area contributed by atoms with Gasteiger partial charge in [-0.05, 0) is 46.2 Å². The molecule has 0 spiro atoms. The van der Waals surface area contributed by atoms with Gasteiger partial charge in [-0.3, -0.25) is 9.36 Å². The molecule has 0 saturated carbocycles. The second-order valence-corrected chi connectivity index (χ2v) is 22.6. The summed E-state index contributed by atoms with van der Waals surface area (Å²) in [5, 5.41) is 13.4. The van der Waals surface area contributed by atoms with Gasteiger partial charge in [-0.25, -0.2) is 4.79 Å². The molecule has 2 unspecified atom stereocenters. The zero-order valence-corrected chi connectivity index (χ0v) is 29.8. The molecule has 2 saturated heterocycles. The van der Waals surface area contributed by atoms with Crippen LogP contribution in [0.5, 0.6) is 0 Å². The number of carbonyl (C=O) groups is 1. The fourth-order valence-corrected chi connectivity index (χ4v) is 18.0. The van der Waals surface area contributed by atoms with Crippen molar-refractivity contribution in [1.82, 2.24) is 9.55 Å². The molecule has 0 bridgehead atoms. The molecule has 15 heteroatoms. The average molecular weight is 657 g/mol. The Balaban J connectivity index is 2.27. The Morgan fingerprint density at radius 1 is 1.21 bits per heavy atom. The smallest absolute Gasteiger partial charge is 0.351 e. The SMILES string of the molecule is CCSC(=S)OC1(C#N)[C@@H]2O[Si](C(C)C)(C(C)C)O[Si](C(C)C)(C(C)C)OCC2O[C@H]1n1ccc(NC(C)=O)nc1=O. The summed E-state index contributed by atoms with van der Waals surface area (Å²) >= 11 is 6.80. The van der Waals surface area contributed by atoms with Crippen LogP contribution in [0.3, 0.4) is 0 Å². The number of nitrogens with zero attached hydrogens (tertiary/aromatic N) is 3. The number of anilines is 1. The van der Waals surface area contributed by atoms with Crippen molar-refractivity contribution in [3.05, 3.63) is 22.7 Å². The first-order valence-corrected chi connectivity index (χ1v) is 19.7. The van der Waals surface area contributed by atoms with E-state index in [1.54, 1.807) is 0 Å². The normalized spacial score (nSPS) is 26.9. The predicted octanol–water partition coefficient (Wildman–Crippen LogP) is 5.37. The summed E-state index contributed by atoms with van der Waals surface area (Å²) in [5.41, 5.74) is -2.41. The Morgan fingerprint density at radius 2 is 1.81 bits per heavy atom. The van der Waals surface area contributed by atoms with Crippen LogP contribution in [0.2, 0.25) is 22.2 Å². The quantitative estimate of drug-likeness (QED) is 0.286. The molecule has 1 amide bonds. The zero-order valence-electron chi connectivity index (χ0n) is 26.1. The van der Waals surface area contributed by atoms with Crippen molar-refractivity contribution in [1.29, 1.82) is 5.26 Å². The topological polar surface area (TPSA) is 134 Å². The van der Waals surface area contributed by atoms with E-state index in [2.05, 4.69) is 71.8 Å². The summed E-state index contributed by atoms with van der Waals surface area (Å²) in [6, 6.07) is 3.77. The van der Waals surface area contributed by atoms with Gasteiger partial charge < -0.3 is 27.8 Å². The Morgan fingerprint density at radius 3 is 2.29 bits per heavy atom. The van der Waals surface area contributed by atoms with Gasteiger partial charge in [0.25, 0.3) is 5.60 Å².